The smallest absolute Gasteiger partial charge is 0.120 e. The lowest BCUT2D eigenvalue weighted by molar-refractivity contribution is 0.118. The van der Waals surface area contributed by atoms with E-state index in [0.29, 0.717) is 6.61 Å². The molecule has 0 aliphatic carbocycles. The van der Waals surface area contributed by atoms with Crippen LogP contribution in [0.5, 0.6) is 0 Å². The standard InChI is InChI=1S/C7H13ClO/c1-4-7(2,3)5-9-6-8/h4H,1,5-6H2,2-3H3. The molecule has 0 aromatic rings. The zero-order valence-corrected chi connectivity index (χ0v) is 6.74. The number of hydrogen-bond donors (Lipinski definition) is 0. The van der Waals surface area contributed by atoms with E-state index in [1.165, 1.54) is 0 Å². The summed E-state index contributed by atoms with van der Waals surface area (Å²) < 4.78 is 4.98. The second kappa shape index (κ2) is 3.91. The number of halogens is 1. The summed E-state index contributed by atoms with van der Waals surface area (Å²) in [6.07, 6.45) is 1.86. The average molecular weight is 149 g/mol. The van der Waals surface area contributed by atoms with Crippen LogP contribution in [0.25, 0.3) is 0 Å². The van der Waals surface area contributed by atoms with Gasteiger partial charge in [0.1, 0.15) is 6.07 Å². The van der Waals surface area contributed by atoms with Crippen LogP contribution < -0.4 is 0 Å². The van der Waals surface area contributed by atoms with E-state index in [9.17, 15) is 0 Å². The molecule has 0 atom stereocenters. The molecule has 0 N–H and O–H groups in total. The summed E-state index contributed by atoms with van der Waals surface area (Å²) in [4.78, 5) is 0. The summed E-state index contributed by atoms with van der Waals surface area (Å²) in [6, 6.07) is 0.261. The van der Waals surface area contributed by atoms with Gasteiger partial charge in [-0.25, -0.2) is 0 Å². The van der Waals surface area contributed by atoms with E-state index in [4.69, 9.17) is 16.3 Å². The van der Waals surface area contributed by atoms with Crippen molar-refractivity contribution in [3.8, 4) is 0 Å². The Balaban J connectivity index is 3.45. The summed E-state index contributed by atoms with van der Waals surface area (Å²) >= 11 is 5.31. The molecule has 9 heavy (non-hydrogen) atoms. The molecule has 0 saturated carbocycles. The highest BCUT2D eigenvalue weighted by Crippen LogP contribution is 2.15. The van der Waals surface area contributed by atoms with Crippen molar-refractivity contribution in [1.29, 1.82) is 0 Å². The molecule has 0 aliphatic rings. The Morgan fingerprint density at radius 1 is 1.67 bits per heavy atom. The van der Waals surface area contributed by atoms with E-state index in [2.05, 4.69) is 6.58 Å². The van der Waals surface area contributed by atoms with Gasteiger partial charge >= 0.3 is 0 Å². The van der Waals surface area contributed by atoms with E-state index in [-0.39, 0.29) is 11.5 Å². The molecule has 0 amide bonds. The fourth-order valence-corrected chi connectivity index (χ4v) is 0.438. The van der Waals surface area contributed by atoms with Crippen molar-refractivity contribution in [2.24, 2.45) is 5.41 Å². The van der Waals surface area contributed by atoms with Crippen molar-refractivity contribution in [1.82, 2.24) is 0 Å². The van der Waals surface area contributed by atoms with Gasteiger partial charge in [-0.2, -0.15) is 0 Å². The Labute approximate surface area is 61.7 Å². The molecule has 54 valence electrons. The minimum Gasteiger partial charge on any atom is -0.365 e. The Morgan fingerprint density at radius 3 is 2.56 bits per heavy atom. The normalized spacial score (nSPS) is 11.4. The van der Waals surface area contributed by atoms with Gasteiger partial charge in [0, 0.05) is 5.41 Å². The molecule has 0 aliphatic heterocycles. The molecule has 0 fully saturated rings. The third-order valence-corrected chi connectivity index (χ3v) is 1.26. The zero-order chi connectivity index (χ0) is 7.33. The number of hydrogen-bond acceptors (Lipinski definition) is 1. The molecule has 2 heteroatoms. The van der Waals surface area contributed by atoms with Crippen molar-refractivity contribution in [3.63, 3.8) is 0 Å². The molecule has 0 aromatic heterocycles. The highest BCUT2D eigenvalue weighted by molar-refractivity contribution is 6.17. The van der Waals surface area contributed by atoms with Gasteiger partial charge in [0.2, 0.25) is 0 Å². The van der Waals surface area contributed by atoms with Gasteiger partial charge in [-0.15, -0.1) is 6.58 Å². The maximum absolute atomic E-state index is 5.31. The molecular formula is C7H13ClO. The lowest BCUT2D eigenvalue weighted by atomic mass is 9.96. The van der Waals surface area contributed by atoms with Crippen molar-refractivity contribution in [2.75, 3.05) is 12.7 Å². The van der Waals surface area contributed by atoms with Crippen LogP contribution in [0.2, 0.25) is 0 Å². The van der Waals surface area contributed by atoms with Gasteiger partial charge < -0.3 is 4.74 Å². The highest BCUT2D eigenvalue weighted by atomic mass is 35.5. The topological polar surface area (TPSA) is 9.23 Å². The summed E-state index contributed by atoms with van der Waals surface area (Å²) in [7, 11) is 0. The molecule has 0 aromatic carbocycles. The summed E-state index contributed by atoms with van der Waals surface area (Å²) in [6.45, 7) is 8.40. The van der Waals surface area contributed by atoms with Crippen LogP contribution in [0, 0.1) is 5.41 Å². The molecule has 0 spiro atoms. The Bertz CT molecular complexity index is 88.9. The molecule has 0 unspecified atom stereocenters. The number of ether oxygens (including phenoxy) is 1. The van der Waals surface area contributed by atoms with E-state index in [1.807, 2.05) is 19.9 Å². The first-order chi connectivity index (χ1) is 4.12. The van der Waals surface area contributed by atoms with Crippen LogP contribution in [0.4, 0.5) is 0 Å². The molecule has 0 bridgehead atoms. The molecule has 0 saturated heterocycles. The summed E-state index contributed by atoms with van der Waals surface area (Å²) in [5.74, 6) is 0. The second-order valence-corrected chi connectivity index (χ2v) is 2.87. The predicted octanol–water partition coefficient (Wildman–Crippen LogP) is 2.41. The summed E-state index contributed by atoms with van der Waals surface area (Å²) in [5, 5.41) is 0. The van der Waals surface area contributed by atoms with Crippen LogP contribution in [0.1, 0.15) is 13.8 Å². The van der Waals surface area contributed by atoms with Crippen LogP contribution in [-0.4, -0.2) is 12.7 Å². The van der Waals surface area contributed by atoms with Gasteiger partial charge in [-0.1, -0.05) is 31.5 Å². The zero-order valence-electron chi connectivity index (χ0n) is 5.98. The van der Waals surface area contributed by atoms with Crippen molar-refractivity contribution in [2.45, 2.75) is 13.8 Å². The maximum Gasteiger partial charge on any atom is 0.120 e. The lowest BCUT2D eigenvalue weighted by Crippen LogP contribution is -2.15. The molecule has 1 nitrogen and oxygen atoms in total. The Morgan fingerprint density at radius 2 is 2.22 bits per heavy atom. The van der Waals surface area contributed by atoms with Gasteiger partial charge in [0.05, 0.1) is 6.61 Å². The fourth-order valence-electron chi connectivity index (χ4n) is 0.361. The number of rotatable bonds is 4. The quantitative estimate of drug-likeness (QED) is 0.440. The minimum atomic E-state index is 0.0505. The molecule has 0 heterocycles. The number of alkyl halides is 1. The van der Waals surface area contributed by atoms with Gasteiger partial charge in [-0.05, 0) is 0 Å². The monoisotopic (exact) mass is 148 g/mol. The Kier molecular flexibility index (Phi) is 3.91. The van der Waals surface area contributed by atoms with Crippen LogP contribution >= 0.6 is 11.6 Å². The molecule has 0 rings (SSSR count). The lowest BCUT2D eigenvalue weighted by Gasteiger charge is -2.17. The minimum absolute atomic E-state index is 0.0505. The van der Waals surface area contributed by atoms with Crippen LogP contribution in [0.15, 0.2) is 12.7 Å². The van der Waals surface area contributed by atoms with Gasteiger partial charge in [0.25, 0.3) is 0 Å². The van der Waals surface area contributed by atoms with E-state index in [0.717, 1.165) is 0 Å². The van der Waals surface area contributed by atoms with E-state index >= 15 is 0 Å². The molecule has 0 radical (unpaired) electrons. The van der Waals surface area contributed by atoms with Gasteiger partial charge in [-0.3, -0.25) is 0 Å². The van der Waals surface area contributed by atoms with Crippen LogP contribution in [0.3, 0.4) is 0 Å². The first-order valence-electron chi connectivity index (χ1n) is 2.90. The second-order valence-electron chi connectivity index (χ2n) is 2.65. The fraction of sp³-hybridized carbons (Fsp3) is 0.714. The third kappa shape index (κ3) is 4.49. The SMILES string of the molecule is C=CC(C)(C)COCCl. The van der Waals surface area contributed by atoms with Crippen molar-refractivity contribution in [3.05, 3.63) is 12.7 Å². The van der Waals surface area contributed by atoms with Crippen LogP contribution in [-0.2, 0) is 4.74 Å². The van der Waals surface area contributed by atoms with E-state index in [1.54, 1.807) is 0 Å². The van der Waals surface area contributed by atoms with Gasteiger partial charge in [0.15, 0.2) is 0 Å². The van der Waals surface area contributed by atoms with Crippen molar-refractivity contribution >= 4 is 11.6 Å². The third-order valence-electron chi connectivity index (χ3n) is 1.10. The first-order valence-corrected chi connectivity index (χ1v) is 3.43. The first kappa shape index (κ1) is 8.99. The highest BCUT2D eigenvalue weighted by Gasteiger charge is 2.11. The predicted molar refractivity (Wildman–Crippen MR) is 40.7 cm³/mol. The maximum atomic E-state index is 5.31. The Hall–Kier alpha value is -0.0100. The average Bonchev–Trinajstić information content (AvgIpc) is 1.84. The van der Waals surface area contributed by atoms with E-state index < -0.39 is 0 Å². The molecular weight excluding hydrogens is 136 g/mol. The van der Waals surface area contributed by atoms with Crippen molar-refractivity contribution < 1.29 is 4.74 Å². The summed E-state index contributed by atoms with van der Waals surface area (Å²) in [5.41, 5.74) is 0.0505. The largest absolute Gasteiger partial charge is 0.365 e.